The largest absolute Gasteiger partial charge is 0.319 e. The van der Waals surface area contributed by atoms with E-state index in [1.807, 2.05) is 11.9 Å². The highest BCUT2D eigenvalue weighted by atomic mass is 16.2. The third-order valence-corrected chi connectivity index (χ3v) is 8.37. The zero-order valence-electron chi connectivity index (χ0n) is 15.9. The van der Waals surface area contributed by atoms with Crippen LogP contribution < -0.4 is 0 Å². The topological polar surface area (TPSA) is 20.3 Å². The van der Waals surface area contributed by atoms with E-state index < -0.39 is 0 Å². The molecule has 4 aliphatic rings. The van der Waals surface area contributed by atoms with Crippen molar-refractivity contribution in [3.63, 3.8) is 0 Å². The number of hydrogen-bond acceptors (Lipinski definition) is 1. The van der Waals surface area contributed by atoms with Gasteiger partial charge < -0.3 is 4.90 Å². The number of fused-ring (bicyclic) bond motifs is 5. The minimum atomic E-state index is 0.208. The molecule has 0 radical (unpaired) electrons. The lowest BCUT2D eigenvalue weighted by Gasteiger charge is -2.56. The van der Waals surface area contributed by atoms with Crippen LogP contribution in [0.2, 0.25) is 0 Å². The molecule has 1 amide bonds. The molecule has 3 aliphatic carbocycles. The highest BCUT2D eigenvalue weighted by molar-refractivity contribution is 5.78. The lowest BCUT2D eigenvalue weighted by atomic mass is 9.49. The van der Waals surface area contributed by atoms with Gasteiger partial charge in [0.15, 0.2) is 0 Å². The number of carbonyl (C=O) groups is 1. The van der Waals surface area contributed by atoms with Gasteiger partial charge in [-0.05, 0) is 68.1 Å². The zero-order chi connectivity index (χ0) is 17.1. The predicted molar refractivity (Wildman–Crippen MR) is 98.2 cm³/mol. The summed E-state index contributed by atoms with van der Waals surface area (Å²) < 4.78 is 0. The SMILES string of the molecule is CCC1=CCC2C3CC=C4N(C)C(=O)CCCC4(C)C3CCC12C. The first-order valence-electron chi connectivity index (χ1n) is 10.1. The number of carbonyl (C=O) groups excluding carboxylic acids is 1. The lowest BCUT2D eigenvalue weighted by Crippen LogP contribution is -2.50. The summed E-state index contributed by atoms with van der Waals surface area (Å²) in [6, 6.07) is 0. The second-order valence-corrected chi connectivity index (χ2v) is 9.20. The molecule has 1 heterocycles. The lowest BCUT2D eigenvalue weighted by molar-refractivity contribution is -0.128. The molecule has 5 unspecified atom stereocenters. The summed E-state index contributed by atoms with van der Waals surface area (Å²) in [5.74, 6) is 2.71. The van der Waals surface area contributed by atoms with Crippen molar-refractivity contribution < 1.29 is 4.79 Å². The van der Waals surface area contributed by atoms with E-state index in [0.717, 1.165) is 30.6 Å². The van der Waals surface area contributed by atoms with Crippen LogP contribution in [0.4, 0.5) is 0 Å². The minimum Gasteiger partial charge on any atom is -0.319 e. The van der Waals surface area contributed by atoms with Gasteiger partial charge in [0, 0.05) is 24.6 Å². The van der Waals surface area contributed by atoms with E-state index in [9.17, 15) is 4.79 Å². The molecule has 1 aliphatic heterocycles. The van der Waals surface area contributed by atoms with Crippen molar-refractivity contribution >= 4 is 5.91 Å². The van der Waals surface area contributed by atoms with E-state index in [0.29, 0.717) is 11.3 Å². The molecule has 0 aromatic heterocycles. The van der Waals surface area contributed by atoms with E-state index >= 15 is 0 Å². The van der Waals surface area contributed by atoms with Crippen LogP contribution in [0.5, 0.6) is 0 Å². The molecule has 132 valence electrons. The Morgan fingerprint density at radius 1 is 1.12 bits per heavy atom. The fourth-order valence-electron chi connectivity index (χ4n) is 7.02. The van der Waals surface area contributed by atoms with Crippen molar-refractivity contribution in [1.29, 1.82) is 0 Å². The van der Waals surface area contributed by atoms with Crippen LogP contribution >= 0.6 is 0 Å². The summed E-state index contributed by atoms with van der Waals surface area (Å²) in [5.41, 5.74) is 3.72. The third-order valence-electron chi connectivity index (χ3n) is 8.37. The Balaban J connectivity index is 1.71. The number of amides is 1. The molecular formula is C22H33NO. The van der Waals surface area contributed by atoms with E-state index in [1.165, 1.54) is 44.2 Å². The maximum absolute atomic E-state index is 12.4. The first kappa shape index (κ1) is 16.4. The fourth-order valence-corrected chi connectivity index (χ4v) is 7.02. The first-order valence-corrected chi connectivity index (χ1v) is 10.1. The van der Waals surface area contributed by atoms with E-state index in [1.54, 1.807) is 5.57 Å². The van der Waals surface area contributed by atoms with E-state index in [4.69, 9.17) is 0 Å². The zero-order valence-corrected chi connectivity index (χ0v) is 15.9. The van der Waals surface area contributed by atoms with Gasteiger partial charge in [-0.2, -0.15) is 0 Å². The van der Waals surface area contributed by atoms with Gasteiger partial charge in [-0.25, -0.2) is 0 Å². The van der Waals surface area contributed by atoms with Gasteiger partial charge in [-0.3, -0.25) is 4.79 Å². The first-order chi connectivity index (χ1) is 11.4. The highest BCUT2D eigenvalue weighted by Crippen LogP contribution is 2.64. The average Bonchev–Trinajstić information content (AvgIpc) is 2.85. The Morgan fingerprint density at radius 3 is 2.67 bits per heavy atom. The summed E-state index contributed by atoms with van der Waals surface area (Å²) in [7, 11) is 2.01. The highest BCUT2D eigenvalue weighted by Gasteiger charge is 2.56. The van der Waals surface area contributed by atoms with Gasteiger partial charge in [-0.1, -0.05) is 38.5 Å². The summed E-state index contributed by atoms with van der Waals surface area (Å²) >= 11 is 0. The molecule has 0 N–H and O–H groups in total. The second-order valence-electron chi connectivity index (χ2n) is 9.20. The quantitative estimate of drug-likeness (QED) is 0.598. The molecule has 0 spiro atoms. The molecule has 0 bridgehead atoms. The Labute approximate surface area is 147 Å². The molecule has 4 rings (SSSR count). The smallest absolute Gasteiger partial charge is 0.226 e. The molecule has 2 fully saturated rings. The number of rotatable bonds is 1. The van der Waals surface area contributed by atoms with Gasteiger partial charge in [-0.15, -0.1) is 0 Å². The number of likely N-dealkylation sites (tertiary alicyclic amines) is 1. The second kappa shape index (κ2) is 5.47. The van der Waals surface area contributed by atoms with Gasteiger partial charge in [0.25, 0.3) is 0 Å². The van der Waals surface area contributed by atoms with Crippen LogP contribution in [-0.4, -0.2) is 17.9 Å². The predicted octanol–water partition coefficient (Wildman–Crippen LogP) is 5.31. The number of nitrogens with zero attached hydrogens (tertiary/aromatic N) is 1. The maximum atomic E-state index is 12.4. The van der Waals surface area contributed by atoms with Gasteiger partial charge in [0.05, 0.1) is 0 Å². The van der Waals surface area contributed by atoms with Crippen LogP contribution in [0, 0.1) is 28.6 Å². The molecule has 24 heavy (non-hydrogen) atoms. The van der Waals surface area contributed by atoms with Gasteiger partial charge in [0.2, 0.25) is 5.91 Å². The standard InChI is InChI=1S/C22H33NO/c1-5-15-8-10-17-16-9-11-19-22(3,13-6-7-20(24)23(19)4)18(16)12-14-21(15,17)2/h8,11,16-18H,5-7,9-10,12-14H2,1-4H3. The Hall–Kier alpha value is -1.05. The van der Waals surface area contributed by atoms with Gasteiger partial charge in [0.1, 0.15) is 0 Å². The molecule has 0 aromatic carbocycles. The number of hydrogen-bond donors (Lipinski definition) is 0. The van der Waals surface area contributed by atoms with Crippen molar-refractivity contribution in [2.24, 2.45) is 28.6 Å². The van der Waals surface area contributed by atoms with E-state index in [-0.39, 0.29) is 5.41 Å². The molecule has 2 heteroatoms. The fraction of sp³-hybridized carbons (Fsp3) is 0.773. The molecule has 0 aromatic rings. The summed E-state index contributed by atoms with van der Waals surface area (Å²) in [4.78, 5) is 14.4. The minimum absolute atomic E-state index is 0.208. The molecular weight excluding hydrogens is 294 g/mol. The monoisotopic (exact) mass is 327 g/mol. The number of allylic oxidation sites excluding steroid dienone is 4. The van der Waals surface area contributed by atoms with Crippen LogP contribution in [0.15, 0.2) is 23.4 Å². The third kappa shape index (κ3) is 2.04. The van der Waals surface area contributed by atoms with Crippen LogP contribution in [-0.2, 0) is 4.79 Å². The molecule has 1 saturated heterocycles. The Bertz CT molecular complexity index is 617. The van der Waals surface area contributed by atoms with E-state index in [2.05, 4.69) is 32.9 Å². The van der Waals surface area contributed by atoms with Crippen molar-refractivity contribution in [3.8, 4) is 0 Å². The Kier molecular flexibility index (Phi) is 3.75. The molecule has 2 nitrogen and oxygen atoms in total. The van der Waals surface area contributed by atoms with Crippen LogP contribution in [0.1, 0.15) is 72.1 Å². The molecule has 5 atom stereocenters. The van der Waals surface area contributed by atoms with Crippen molar-refractivity contribution in [2.75, 3.05) is 7.05 Å². The van der Waals surface area contributed by atoms with Crippen molar-refractivity contribution in [2.45, 2.75) is 72.1 Å². The summed E-state index contributed by atoms with van der Waals surface area (Å²) in [6.45, 7) is 7.34. The van der Waals surface area contributed by atoms with Crippen LogP contribution in [0.3, 0.4) is 0 Å². The van der Waals surface area contributed by atoms with Crippen LogP contribution in [0.25, 0.3) is 0 Å². The maximum Gasteiger partial charge on any atom is 0.226 e. The van der Waals surface area contributed by atoms with Gasteiger partial charge >= 0.3 is 0 Å². The van der Waals surface area contributed by atoms with Crippen molar-refractivity contribution in [3.05, 3.63) is 23.4 Å². The Morgan fingerprint density at radius 2 is 1.92 bits per heavy atom. The summed E-state index contributed by atoms with van der Waals surface area (Å²) in [5, 5.41) is 0. The van der Waals surface area contributed by atoms with Crippen molar-refractivity contribution in [1.82, 2.24) is 4.90 Å². The average molecular weight is 328 g/mol. The summed E-state index contributed by atoms with van der Waals surface area (Å²) in [6.07, 6.45) is 14.4. The normalized spacial score (nSPS) is 44.9. The molecule has 1 saturated carbocycles.